The summed E-state index contributed by atoms with van der Waals surface area (Å²) < 4.78 is 27.2. The molecule has 1 heterocycles. The van der Waals surface area contributed by atoms with Crippen LogP contribution in [-0.2, 0) is 35.1 Å². The zero-order valence-corrected chi connectivity index (χ0v) is 17.9. The number of hydrogen-bond acceptors (Lipinski definition) is 12. The smallest absolute Gasteiger partial charge is 0.464 e. The van der Waals surface area contributed by atoms with Gasteiger partial charge in [0.15, 0.2) is 18.1 Å². The number of esters is 2. The van der Waals surface area contributed by atoms with Gasteiger partial charge in [0.05, 0.1) is 11.4 Å². The topological polar surface area (TPSA) is 161 Å². The predicted molar refractivity (Wildman–Crippen MR) is 101 cm³/mol. The summed E-state index contributed by atoms with van der Waals surface area (Å²) in [4.78, 5) is 58.2. The van der Waals surface area contributed by atoms with Crippen molar-refractivity contribution < 1.29 is 47.0 Å². The highest BCUT2D eigenvalue weighted by Crippen LogP contribution is 2.31. The van der Waals surface area contributed by atoms with Crippen LogP contribution in [0.5, 0.6) is 0 Å². The average Bonchev–Trinajstić information content (AvgIpc) is 2.94. The first-order chi connectivity index (χ1) is 14.0. The van der Waals surface area contributed by atoms with Crippen molar-refractivity contribution in [3.05, 3.63) is 22.1 Å². The molecular weight excluding hydrogens is 426 g/mol. The van der Waals surface area contributed by atoms with E-state index >= 15 is 0 Å². The molecule has 1 rings (SSSR count). The van der Waals surface area contributed by atoms with Crippen LogP contribution in [0, 0.1) is 6.92 Å². The fraction of sp³-hybridized carbons (Fsp3) is 0.588. The highest BCUT2D eigenvalue weighted by Gasteiger charge is 2.41. The van der Waals surface area contributed by atoms with Crippen LogP contribution in [0.2, 0.25) is 0 Å². The number of nitrogens with one attached hydrogen (secondary N) is 1. The molecule has 0 aliphatic heterocycles. The van der Waals surface area contributed by atoms with Crippen LogP contribution in [0.1, 0.15) is 39.2 Å². The van der Waals surface area contributed by atoms with E-state index in [9.17, 15) is 24.0 Å². The average molecular weight is 449 g/mol. The van der Waals surface area contributed by atoms with Crippen molar-refractivity contribution in [2.24, 2.45) is 0 Å². The van der Waals surface area contributed by atoms with E-state index in [1.165, 1.54) is 20.8 Å². The fourth-order valence-electron chi connectivity index (χ4n) is 2.00. The summed E-state index contributed by atoms with van der Waals surface area (Å²) in [7, 11) is 0. The number of rotatable bonds is 9. The lowest BCUT2D eigenvalue weighted by Crippen LogP contribution is -2.53. The van der Waals surface area contributed by atoms with Crippen LogP contribution in [0.25, 0.3) is 0 Å². The Morgan fingerprint density at radius 3 is 2.30 bits per heavy atom. The van der Waals surface area contributed by atoms with E-state index in [1.54, 1.807) is 6.92 Å². The minimum Gasteiger partial charge on any atom is -0.464 e. The molecule has 0 aromatic carbocycles. The van der Waals surface area contributed by atoms with Gasteiger partial charge in [-0.25, -0.2) is 19.2 Å². The summed E-state index contributed by atoms with van der Waals surface area (Å²) >= 11 is 0.599. The van der Waals surface area contributed by atoms with E-state index in [4.69, 9.17) is 13.9 Å². The standard InChI is InChI=1S/C17H23NO11S/c1-6-24-13(20)12(18-14(21)27-8-26-10(3)19)17(4,5)30-16(23)25-7-11-9(2)28-15(22)29-11/h12H,6-8H2,1-5H3,(H,18,21)/t12-/m0/s1. The monoisotopic (exact) mass is 449 g/mol. The number of carbonyl (C=O) groups excluding carboxylic acids is 4. The number of alkyl carbamates (subject to hydrolysis) is 1. The van der Waals surface area contributed by atoms with Crippen molar-refractivity contribution in [1.82, 2.24) is 5.32 Å². The minimum absolute atomic E-state index is 0.0313. The van der Waals surface area contributed by atoms with E-state index in [2.05, 4.69) is 19.2 Å². The molecule has 0 unspecified atom stereocenters. The lowest BCUT2D eigenvalue weighted by atomic mass is 10.0. The fourth-order valence-corrected chi connectivity index (χ4v) is 2.82. The Balaban J connectivity index is 2.77. The molecule has 0 bridgehead atoms. The molecule has 0 spiro atoms. The van der Waals surface area contributed by atoms with E-state index < -0.39 is 46.7 Å². The molecule has 12 nitrogen and oxygen atoms in total. The van der Waals surface area contributed by atoms with Crippen molar-refractivity contribution in [2.75, 3.05) is 13.4 Å². The zero-order valence-electron chi connectivity index (χ0n) is 17.1. The van der Waals surface area contributed by atoms with E-state index in [1.807, 2.05) is 0 Å². The molecule has 0 fully saturated rings. The largest absolute Gasteiger partial charge is 0.519 e. The second-order valence-electron chi connectivity index (χ2n) is 6.19. The van der Waals surface area contributed by atoms with Gasteiger partial charge >= 0.3 is 29.2 Å². The molecule has 0 radical (unpaired) electrons. The van der Waals surface area contributed by atoms with Gasteiger partial charge in [-0.3, -0.25) is 4.79 Å². The second kappa shape index (κ2) is 11.3. The maximum Gasteiger partial charge on any atom is 0.519 e. The van der Waals surface area contributed by atoms with Crippen LogP contribution in [0.3, 0.4) is 0 Å². The molecule has 30 heavy (non-hydrogen) atoms. The van der Waals surface area contributed by atoms with Crippen LogP contribution in [-0.4, -0.2) is 47.5 Å². The van der Waals surface area contributed by atoms with E-state index in [-0.39, 0.29) is 24.7 Å². The van der Waals surface area contributed by atoms with Crippen molar-refractivity contribution >= 4 is 35.1 Å². The number of ether oxygens (including phenoxy) is 4. The van der Waals surface area contributed by atoms with Gasteiger partial charge in [0.25, 0.3) is 0 Å². The number of aryl methyl sites for hydroxylation is 1. The van der Waals surface area contributed by atoms with Crippen molar-refractivity contribution in [3.63, 3.8) is 0 Å². The minimum atomic E-state index is -1.31. The molecule has 13 heteroatoms. The lowest BCUT2D eigenvalue weighted by Gasteiger charge is -2.31. The summed E-state index contributed by atoms with van der Waals surface area (Å²) in [5, 5.41) is 1.46. The molecular formula is C17H23NO11S. The SMILES string of the molecule is CCOC(=O)[C@H](NC(=O)OCOC(C)=O)C(C)(C)SC(=O)OCc1oc(=O)oc1C. The Hall–Kier alpha value is -2.96. The maximum absolute atomic E-state index is 12.3. The molecule has 1 aromatic heterocycles. The van der Waals surface area contributed by atoms with Crippen LogP contribution in [0.4, 0.5) is 9.59 Å². The summed E-state index contributed by atoms with van der Waals surface area (Å²) in [6.45, 7) is 6.18. The van der Waals surface area contributed by atoms with Crippen molar-refractivity contribution in [3.8, 4) is 0 Å². The second-order valence-corrected chi connectivity index (χ2v) is 7.78. The van der Waals surface area contributed by atoms with Gasteiger partial charge in [0.1, 0.15) is 6.04 Å². The summed E-state index contributed by atoms with van der Waals surface area (Å²) in [6, 6.07) is -1.31. The van der Waals surface area contributed by atoms with Gasteiger partial charge in [0, 0.05) is 6.92 Å². The highest BCUT2D eigenvalue weighted by molar-refractivity contribution is 8.14. The first-order valence-electron chi connectivity index (χ1n) is 8.64. The van der Waals surface area contributed by atoms with Crippen LogP contribution < -0.4 is 11.1 Å². The van der Waals surface area contributed by atoms with Crippen molar-refractivity contribution in [1.29, 1.82) is 0 Å². The Labute approximate surface area is 175 Å². The quantitative estimate of drug-likeness (QED) is 0.331. The van der Waals surface area contributed by atoms with E-state index in [0.29, 0.717) is 11.8 Å². The third kappa shape index (κ3) is 8.19. The number of hydrogen-bond donors (Lipinski definition) is 1. The van der Waals surface area contributed by atoms with Gasteiger partial charge in [0.2, 0.25) is 6.79 Å². The van der Waals surface area contributed by atoms with E-state index in [0.717, 1.165) is 6.92 Å². The van der Waals surface area contributed by atoms with Crippen LogP contribution >= 0.6 is 11.8 Å². The number of thioether (sulfide) groups is 1. The Kier molecular flexibility index (Phi) is 9.43. The summed E-state index contributed by atoms with van der Waals surface area (Å²) in [6.07, 6.45) is -1.06. The maximum atomic E-state index is 12.3. The van der Waals surface area contributed by atoms with Crippen molar-refractivity contribution in [2.45, 2.75) is 52.0 Å². The molecule has 0 aliphatic carbocycles. The Morgan fingerprint density at radius 1 is 1.10 bits per heavy atom. The van der Waals surface area contributed by atoms with Gasteiger partial charge < -0.3 is 33.1 Å². The summed E-state index contributed by atoms with van der Waals surface area (Å²) in [5.41, 5.74) is 0. The number of amides is 1. The molecule has 1 amide bonds. The first-order valence-corrected chi connectivity index (χ1v) is 9.46. The molecule has 1 aromatic rings. The van der Waals surface area contributed by atoms with Gasteiger partial charge in [-0.1, -0.05) is 0 Å². The van der Waals surface area contributed by atoms with Crippen LogP contribution in [0.15, 0.2) is 13.6 Å². The molecule has 168 valence electrons. The van der Waals surface area contributed by atoms with Gasteiger partial charge in [-0.05, 0) is 39.5 Å². The highest BCUT2D eigenvalue weighted by atomic mass is 32.2. The molecule has 0 saturated heterocycles. The predicted octanol–water partition coefficient (Wildman–Crippen LogP) is 1.87. The summed E-state index contributed by atoms with van der Waals surface area (Å²) in [5.74, 6) is -2.19. The van der Waals surface area contributed by atoms with Gasteiger partial charge in [-0.15, -0.1) is 0 Å². The molecule has 0 aliphatic rings. The third-order valence-corrected chi connectivity index (χ3v) is 4.48. The normalized spacial score (nSPS) is 11.9. The molecule has 1 atom stereocenters. The van der Waals surface area contributed by atoms with Gasteiger partial charge in [-0.2, -0.15) is 0 Å². The molecule has 0 saturated carbocycles. The molecule has 1 N–H and O–H groups in total. The Bertz CT molecular complexity index is 826. The first kappa shape index (κ1) is 25.1. The third-order valence-electron chi connectivity index (χ3n) is 3.44. The zero-order chi connectivity index (χ0) is 22.9. The number of carbonyl (C=O) groups is 4. The Morgan fingerprint density at radius 2 is 1.77 bits per heavy atom. The lowest BCUT2D eigenvalue weighted by molar-refractivity contribution is -0.150.